The Morgan fingerprint density at radius 2 is 2.10 bits per heavy atom. The number of benzene rings is 1. The van der Waals surface area contributed by atoms with Crippen LogP contribution in [0.1, 0.15) is 22.7 Å². The van der Waals surface area contributed by atoms with E-state index in [9.17, 15) is 10.4 Å². The molecule has 4 N–H and O–H groups in total. The highest BCUT2D eigenvalue weighted by molar-refractivity contribution is 5.55. The number of aromatic nitrogens is 2. The molecule has 20 heavy (non-hydrogen) atoms. The van der Waals surface area contributed by atoms with Gasteiger partial charge in [-0.2, -0.15) is 5.26 Å². The number of H-pyrrole nitrogens is 1. The maximum atomic E-state index is 9.40. The largest absolute Gasteiger partial charge is 0.508 e. The van der Waals surface area contributed by atoms with E-state index in [2.05, 4.69) is 16.3 Å². The summed E-state index contributed by atoms with van der Waals surface area (Å²) in [7, 11) is 0. The molecule has 6 nitrogen and oxygen atoms in total. The monoisotopic (exact) mass is 268 g/mol. The normalized spacial score (nSPS) is 17.3. The summed E-state index contributed by atoms with van der Waals surface area (Å²) in [5, 5.41) is 25.6. The zero-order valence-electron chi connectivity index (χ0n) is 10.7. The average molecular weight is 268 g/mol. The topological polar surface area (TPSA) is 108 Å². The van der Waals surface area contributed by atoms with Gasteiger partial charge in [0.25, 0.3) is 0 Å². The van der Waals surface area contributed by atoms with Gasteiger partial charge >= 0.3 is 0 Å². The number of aromatic hydroxyl groups is 1. The van der Waals surface area contributed by atoms with Crippen LogP contribution < -0.4 is 10.5 Å². The van der Waals surface area contributed by atoms with Crippen molar-refractivity contribution in [2.24, 2.45) is 5.73 Å². The number of rotatable bonds is 1. The number of nitrogens with one attached hydrogen (secondary N) is 1. The van der Waals surface area contributed by atoms with Gasteiger partial charge < -0.3 is 15.6 Å². The fourth-order valence-electron chi connectivity index (χ4n) is 2.40. The Kier molecular flexibility index (Phi) is 2.61. The van der Waals surface area contributed by atoms with Gasteiger partial charge in [0, 0.05) is 11.3 Å². The minimum atomic E-state index is -0.344. The van der Waals surface area contributed by atoms with Crippen LogP contribution in [0.5, 0.6) is 11.6 Å². The van der Waals surface area contributed by atoms with E-state index >= 15 is 0 Å². The van der Waals surface area contributed by atoms with Gasteiger partial charge in [0.15, 0.2) is 0 Å². The van der Waals surface area contributed by atoms with Crippen LogP contribution in [0.3, 0.4) is 0 Å². The highest BCUT2D eigenvalue weighted by Crippen LogP contribution is 2.42. The molecule has 0 fully saturated rings. The Hall–Kier alpha value is -2.94. The third-order valence-corrected chi connectivity index (χ3v) is 3.36. The number of allylic oxidation sites excluding steroid dienone is 1. The van der Waals surface area contributed by atoms with Crippen LogP contribution in [-0.2, 0) is 0 Å². The smallest absolute Gasteiger partial charge is 0.244 e. The number of ether oxygens (including phenoxy) is 1. The number of fused-ring (bicyclic) bond motifs is 1. The molecule has 100 valence electrons. The summed E-state index contributed by atoms with van der Waals surface area (Å²) < 4.78 is 5.37. The fourth-order valence-corrected chi connectivity index (χ4v) is 2.40. The number of aromatic amines is 1. The first kappa shape index (κ1) is 12.1. The van der Waals surface area contributed by atoms with Gasteiger partial charge in [0.05, 0.1) is 5.92 Å². The Morgan fingerprint density at radius 1 is 1.40 bits per heavy atom. The summed E-state index contributed by atoms with van der Waals surface area (Å²) in [5.41, 5.74) is 8.60. The molecule has 0 unspecified atom stereocenters. The van der Waals surface area contributed by atoms with Crippen molar-refractivity contribution < 1.29 is 9.84 Å². The fraction of sp³-hybridized carbons (Fsp3) is 0.143. The molecule has 2 heterocycles. The van der Waals surface area contributed by atoms with Crippen molar-refractivity contribution in [2.45, 2.75) is 12.8 Å². The maximum absolute atomic E-state index is 9.40. The SMILES string of the molecule is Cc1[nH]nc2c1[C@H](c1ccc(O)cc1)C(C#N)=C(N)O2. The Bertz CT molecular complexity index is 738. The first-order chi connectivity index (χ1) is 9.61. The van der Waals surface area contributed by atoms with E-state index in [0.29, 0.717) is 11.5 Å². The van der Waals surface area contributed by atoms with Gasteiger partial charge in [-0.25, -0.2) is 0 Å². The lowest BCUT2D eigenvalue weighted by Crippen LogP contribution is -2.20. The Labute approximate surface area is 115 Å². The summed E-state index contributed by atoms with van der Waals surface area (Å²) in [4.78, 5) is 0. The van der Waals surface area contributed by atoms with Gasteiger partial charge in [-0.05, 0) is 24.6 Å². The summed E-state index contributed by atoms with van der Waals surface area (Å²) in [6, 6.07) is 8.76. The second-order valence-electron chi connectivity index (χ2n) is 4.58. The van der Waals surface area contributed by atoms with Crippen LogP contribution in [0.25, 0.3) is 0 Å². The highest BCUT2D eigenvalue weighted by atomic mass is 16.5. The molecular formula is C14H12N4O2. The number of hydrogen-bond acceptors (Lipinski definition) is 5. The van der Waals surface area contributed by atoms with Crippen molar-refractivity contribution in [1.29, 1.82) is 5.26 Å². The van der Waals surface area contributed by atoms with E-state index in [0.717, 1.165) is 16.8 Å². The van der Waals surface area contributed by atoms with Crippen LogP contribution in [0.2, 0.25) is 0 Å². The lowest BCUT2D eigenvalue weighted by molar-refractivity contribution is 0.378. The van der Waals surface area contributed by atoms with Gasteiger partial charge in [0.1, 0.15) is 17.4 Å². The van der Waals surface area contributed by atoms with Crippen LogP contribution in [0, 0.1) is 18.3 Å². The molecule has 0 saturated carbocycles. The molecule has 1 aliphatic heterocycles. The number of phenols is 1. The van der Waals surface area contributed by atoms with E-state index in [1.54, 1.807) is 24.3 Å². The lowest BCUT2D eigenvalue weighted by atomic mass is 9.84. The zero-order chi connectivity index (χ0) is 14.3. The molecule has 6 heteroatoms. The summed E-state index contributed by atoms with van der Waals surface area (Å²) in [6.07, 6.45) is 0. The summed E-state index contributed by atoms with van der Waals surface area (Å²) in [5.74, 6) is 0.269. The number of nitrogens with two attached hydrogens (primary N) is 1. The van der Waals surface area contributed by atoms with Crippen molar-refractivity contribution in [3.05, 3.63) is 52.5 Å². The second-order valence-corrected chi connectivity index (χ2v) is 4.58. The zero-order valence-corrected chi connectivity index (χ0v) is 10.7. The highest BCUT2D eigenvalue weighted by Gasteiger charge is 2.33. The molecular weight excluding hydrogens is 256 g/mol. The number of phenolic OH excluding ortho intramolecular Hbond substituents is 1. The molecule has 0 radical (unpaired) electrons. The average Bonchev–Trinajstić information content (AvgIpc) is 2.79. The second kappa shape index (κ2) is 4.31. The molecule has 2 aromatic rings. The first-order valence-electron chi connectivity index (χ1n) is 6.03. The number of aryl methyl sites for hydroxylation is 1. The molecule has 1 aliphatic rings. The lowest BCUT2D eigenvalue weighted by Gasteiger charge is -2.23. The summed E-state index contributed by atoms with van der Waals surface area (Å²) in [6.45, 7) is 1.86. The van der Waals surface area contributed by atoms with Crippen molar-refractivity contribution >= 4 is 0 Å². The van der Waals surface area contributed by atoms with Crippen molar-refractivity contribution in [3.8, 4) is 17.7 Å². The molecule has 1 aromatic heterocycles. The molecule has 0 amide bonds. The molecule has 1 aromatic carbocycles. The molecule has 3 rings (SSSR count). The molecule has 0 spiro atoms. The third kappa shape index (κ3) is 1.68. The first-order valence-corrected chi connectivity index (χ1v) is 6.03. The van der Waals surface area contributed by atoms with E-state index < -0.39 is 0 Å². The van der Waals surface area contributed by atoms with E-state index in [1.165, 1.54) is 0 Å². The molecule has 0 saturated heterocycles. The minimum Gasteiger partial charge on any atom is -0.508 e. The molecule has 0 aliphatic carbocycles. The van der Waals surface area contributed by atoms with Crippen LogP contribution in [0.4, 0.5) is 0 Å². The van der Waals surface area contributed by atoms with Gasteiger partial charge in [-0.15, -0.1) is 5.10 Å². The predicted molar refractivity (Wildman–Crippen MR) is 70.7 cm³/mol. The van der Waals surface area contributed by atoms with Crippen LogP contribution >= 0.6 is 0 Å². The molecule has 1 atom stereocenters. The van der Waals surface area contributed by atoms with Crippen molar-refractivity contribution in [1.82, 2.24) is 10.2 Å². The molecule has 0 bridgehead atoms. The van der Waals surface area contributed by atoms with Crippen LogP contribution in [-0.4, -0.2) is 15.3 Å². The van der Waals surface area contributed by atoms with Gasteiger partial charge in [0.2, 0.25) is 11.8 Å². The van der Waals surface area contributed by atoms with Crippen LogP contribution in [0.15, 0.2) is 35.7 Å². The minimum absolute atomic E-state index is 0.0598. The Morgan fingerprint density at radius 3 is 2.75 bits per heavy atom. The van der Waals surface area contributed by atoms with E-state index in [1.807, 2.05) is 6.92 Å². The van der Waals surface area contributed by atoms with Gasteiger partial charge in [-0.3, -0.25) is 5.10 Å². The maximum Gasteiger partial charge on any atom is 0.244 e. The number of nitriles is 1. The Balaban J connectivity index is 2.22. The van der Waals surface area contributed by atoms with Crippen molar-refractivity contribution in [3.63, 3.8) is 0 Å². The third-order valence-electron chi connectivity index (χ3n) is 3.36. The van der Waals surface area contributed by atoms with Crippen molar-refractivity contribution in [2.75, 3.05) is 0 Å². The summed E-state index contributed by atoms with van der Waals surface area (Å²) >= 11 is 0. The number of nitrogens with zero attached hydrogens (tertiary/aromatic N) is 2. The quantitative estimate of drug-likeness (QED) is 0.728. The van der Waals surface area contributed by atoms with Gasteiger partial charge in [-0.1, -0.05) is 12.1 Å². The predicted octanol–water partition coefficient (Wildman–Crippen LogP) is 1.64. The number of hydrogen-bond donors (Lipinski definition) is 3. The standard InChI is InChI=1S/C14H12N4O2/c1-7-11-12(8-2-4-9(19)5-3-8)10(6-15)13(16)20-14(11)18-17-7/h2-5,12,19H,16H2,1H3,(H,17,18)/t12-/m1/s1. The van der Waals surface area contributed by atoms with E-state index in [-0.39, 0.29) is 17.6 Å². The van der Waals surface area contributed by atoms with E-state index in [4.69, 9.17) is 10.5 Å².